The number of hydrogen-bond donors (Lipinski definition) is 1. The number of aromatic nitrogens is 2. The Morgan fingerprint density at radius 2 is 2.07 bits per heavy atom. The molecular weight excluding hydrogens is 188 g/mol. The predicted molar refractivity (Wildman–Crippen MR) is 59.3 cm³/mol. The molecule has 1 aliphatic carbocycles. The van der Waals surface area contributed by atoms with Crippen LogP contribution in [-0.2, 0) is 7.05 Å². The van der Waals surface area contributed by atoms with Gasteiger partial charge in [0.25, 0.3) is 0 Å². The van der Waals surface area contributed by atoms with Crippen LogP contribution < -0.4 is 0 Å². The lowest BCUT2D eigenvalue weighted by molar-refractivity contribution is 0.0698. The summed E-state index contributed by atoms with van der Waals surface area (Å²) in [4.78, 5) is 4.06. The molecule has 0 aromatic carbocycles. The van der Waals surface area contributed by atoms with E-state index in [9.17, 15) is 5.11 Å². The van der Waals surface area contributed by atoms with E-state index in [2.05, 4.69) is 11.9 Å². The molecule has 3 nitrogen and oxygen atoms in total. The largest absolute Gasteiger partial charge is 0.387 e. The molecule has 84 valence electrons. The highest BCUT2D eigenvalue weighted by Crippen LogP contribution is 2.36. The first-order valence-electron chi connectivity index (χ1n) is 5.82. The van der Waals surface area contributed by atoms with Gasteiger partial charge in [0.1, 0.15) is 0 Å². The van der Waals surface area contributed by atoms with Crippen LogP contribution in [0.5, 0.6) is 0 Å². The molecule has 1 atom stereocenters. The van der Waals surface area contributed by atoms with E-state index >= 15 is 0 Å². The van der Waals surface area contributed by atoms with E-state index in [1.54, 1.807) is 12.5 Å². The van der Waals surface area contributed by atoms with Gasteiger partial charge in [-0.15, -0.1) is 0 Å². The second-order valence-corrected chi connectivity index (χ2v) is 4.89. The maximum atomic E-state index is 10.2. The quantitative estimate of drug-likeness (QED) is 0.809. The van der Waals surface area contributed by atoms with Crippen molar-refractivity contribution in [1.82, 2.24) is 9.55 Å². The zero-order valence-electron chi connectivity index (χ0n) is 9.56. The number of aliphatic hydroxyl groups is 1. The second-order valence-electron chi connectivity index (χ2n) is 4.89. The summed E-state index contributed by atoms with van der Waals surface area (Å²) in [5.41, 5.74) is 0.953. The third-order valence-electron chi connectivity index (χ3n) is 3.66. The highest BCUT2D eigenvalue weighted by Gasteiger charge is 2.27. The smallest absolute Gasteiger partial charge is 0.0983 e. The summed E-state index contributed by atoms with van der Waals surface area (Å²) >= 11 is 0. The van der Waals surface area contributed by atoms with Crippen LogP contribution in [-0.4, -0.2) is 14.7 Å². The van der Waals surface area contributed by atoms with E-state index in [1.807, 2.05) is 11.6 Å². The van der Waals surface area contributed by atoms with Crippen LogP contribution in [0.25, 0.3) is 0 Å². The van der Waals surface area contributed by atoms with Crippen LogP contribution in [0.2, 0.25) is 0 Å². The van der Waals surface area contributed by atoms with E-state index in [-0.39, 0.29) is 6.10 Å². The van der Waals surface area contributed by atoms with Gasteiger partial charge in [-0.1, -0.05) is 19.8 Å². The van der Waals surface area contributed by atoms with Crippen molar-refractivity contribution in [3.05, 3.63) is 18.2 Å². The molecule has 0 bridgehead atoms. The molecular formula is C12H20N2O. The minimum absolute atomic E-state index is 0.329. The SMILES string of the molecule is CC1CCC(C(O)c2cncn2C)CC1. The predicted octanol–water partition coefficient (Wildman–Crippen LogP) is 2.28. The average molecular weight is 208 g/mol. The monoisotopic (exact) mass is 208 g/mol. The summed E-state index contributed by atoms with van der Waals surface area (Å²) in [6.07, 6.45) is 8.00. The molecule has 0 radical (unpaired) electrons. The van der Waals surface area contributed by atoms with Crippen molar-refractivity contribution in [2.45, 2.75) is 38.7 Å². The average Bonchev–Trinajstić information content (AvgIpc) is 2.65. The lowest BCUT2D eigenvalue weighted by Crippen LogP contribution is -2.20. The summed E-state index contributed by atoms with van der Waals surface area (Å²) in [6.45, 7) is 2.30. The fraction of sp³-hybridized carbons (Fsp3) is 0.750. The fourth-order valence-electron chi connectivity index (χ4n) is 2.50. The van der Waals surface area contributed by atoms with Crippen LogP contribution in [0, 0.1) is 11.8 Å². The van der Waals surface area contributed by atoms with Crippen molar-refractivity contribution in [2.75, 3.05) is 0 Å². The molecule has 1 aromatic heterocycles. The van der Waals surface area contributed by atoms with E-state index in [1.165, 1.54) is 12.8 Å². The molecule has 1 N–H and O–H groups in total. The van der Waals surface area contributed by atoms with Gasteiger partial charge in [0.2, 0.25) is 0 Å². The fourth-order valence-corrected chi connectivity index (χ4v) is 2.50. The third-order valence-corrected chi connectivity index (χ3v) is 3.66. The second kappa shape index (κ2) is 4.35. The van der Waals surface area contributed by atoms with Gasteiger partial charge in [-0.25, -0.2) is 4.98 Å². The Balaban J connectivity index is 2.02. The minimum atomic E-state index is -0.329. The third kappa shape index (κ3) is 2.23. The van der Waals surface area contributed by atoms with E-state index in [0.717, 1.165) is 24.5 Å². The number of hydrogen-bond acceptors (Lipinski definition) is 2. The number of imidazole rings is 1. The zero-order valence-corrected chi connectivity index (χ0v) is 9.56. The first kappa shape index (κ1) is 10.7. The van der Waals surface area contributed by atoms with Crippen molar-refractivity contribution in [3.8, 4) is 0 Å². The van der Waals surface area contributed by atoms with Gasteiger partial charge < -0.3 is 9.67 Å². The maximum Gasteiger partial charge on any atom is 0.0983 e. The maximum absolute atomic E-state index is 10.2. The topological polar surface area (TPSA) is 38.1 Å². The number of aliphatic hydroxyl groups excluding tert-OH is 1. The highest BCUT2D eigenvalue weighted by atomic mass is 16.3. The summed E-state index contributed by atoms with van der Waals surface area (Å²) in [5, 5.41) is 10.2. The van der Waals surface area contributed by atoms with Crippen LogP contribution in [0.1, 0.15) is 44.4 Å². The number of nitrogens with zero attached hydrogens (tertiary/aromatic N) is 2. The van der Waals surface area contributed by atoms with E-state index in [0.29, 0.717) is 5.92 Å². The van der Waals surface area contributed by atoms with Crippen LogP contribution in [0.3, 0.4) is 0 Å². The van der Waals surface area contributed by atoms with Gasteiger partial charge in [0, 0.05) is 7.05 Å². The summed E-state index contributed by atoms with van der Waals surface area (Å²) in [6, 6.07) is 0. The summed E-state index contributed by atoms with van der Waals surface area (Å²) < 4.78 is 1.92. The van der Waals surface area contributed by atoms with E-state index < -0.39 is 0 Å². The van der Waals surface area contributed by atoms with Gasteiger partial charge in [-0.3, -0.25) is 0 Å². The molecule has 2 rings (SSSR count). The van der Waals surface area contributed by atoms with Crippen molar-refractivity contribution >= 4 is 0 Å². The standard InChI is InChI=1S/C12H20N2O/c1-9-3-5-10(6-4-9)12(15)11-7-13-8-14(11)2/h7-10,12,15H,3-6H2,1-2H3. The first-order chi connectivity index (χ1) is 7.18. The molecule has 1 aromatic rings. The van der Waals surface area contributed by atoms with Gasteiger partial charge in [0.05, 0.1) is 24.3 Å². The normalized spacial score (nSPS) is 29.0. The Labute approximate surface area is 91.1 Å². The van der Waals surface area contributed by atoms with Crippen molar-refractivity contribution < 1.29 is 5.11 Å². The van der Waals surface area contributed by atoms with Gasteiger partial charge >= 0.3 is 0 Å². The molecule has 3 heteroatoms. The Morgan fingerprint density at radius 3 is 2.60 bits per heavy atom. The summed E-state index contributed by atoms with van der Waals surface area (Å²) in [7, 11) is 1.94. The number of rotatable bonds is 2. The molecule has 0 saturated heterocycles. The molecule has 1 heterocycles. The van der Waals surface area contributed by atoms with E-state index in [4.69, 9.17) is 0 Å². The highest BCUT2D eigenvalue weighted by molar-refractivity contribution is 5.04. The molecule has 1 unspecified atom stereocenters. The van der Waals surface area contributed by atoms with Crippen LogP contribution in [0.4, 0.5) is 0 Å². The molecule has 0 amide bonds. The summed E-state index contributed by atoms with van der Waals surface area (Å²) in [5.74, 6) is 1.26. The van der Waals surface area contributed by atoms with Gasteiger partial charge in [0.15, 0.2) is 0 Å². The Bertz CT molecular complexity index is 313. The molecule has 0 spiro atoms. The lowest BCUT2D eigenvalue weighted by Gasteiger charge is -2.29. The van der Waals surface area contributed by atoms with Gasteiger partial charge in [-0.2, -0.15) is 0 Å². The van der Waals surface area contributed by atoms with Crippen molar-refractivity contribution in [3.63, 3.8) is 0 Å². The minimum Gasteiger partial charge on any atom is -0.387 e. The Kier molecular flexibility index (Phi) is 3.10. The molecule has 1 saturated carbocycles. The van der Waals surface area contributed by atoms with Crippen molar-refractivity contribution in [2.24, 2.45) is 18.9 Å². The van der Waals surface area contributed by atoms with Gasteiger partial charge in [-0.05, 0) is 24.7 Å². The number of aryl methyl sites for hydroxylation is 1. The molecule has 0 aliphatic heterocycles. The molecule has 1 aliphatic rings. The van der Waals surface area contributed by atoms with Crippen LogP contribution in [0.15, 0.2) is 12.5 Å². The first-order valence-corrected chi connectivity index (χ1v) is 5.82. The lowest BCUT2D eigenvalue weighted by atomic mass is 9.79. The molecule has 1 fully saturated rings. The Hall–Kier alpha value is -0.830. The zero-order chi connectivity index (χ0) is 10.8. The van der Waals surface area contributed by atoms with Crippen LogP contribution >= 0.6 is 0 Å². The molecule has 15 heavy (non-hydrogen) atoms. The van der Waals surface area contributed by atoms with Crippen molar-refractivity contribution in [1.29, 1.82) is 0 Å². The Morgan fingerprint density at radius 1 is 1.40 bits per heavy atom.